The van der Waals surface area contributed by atoms with Gasteiger partial charge < -0.3 is 29.3 Å². The van der Waals surface area contributed by atoms with Gasteiger partial charge in [-0.05, 0) is 61.4 Å². The summed E-state index contributed by atoms with van der Waals surface area (Å²) < 4.78 is 11.9. The summed E-state index contributed by atoms with van der Waals surface area (Å²) in [6, 6.07) is 19.7. The van der Waals surface area contributed by atoms with Crippen molar-refractivity contribution < 1.29 is 14.6 Å². The fraction of sp³-hybridized carbons (Fsp3) is 0.357. The molecule has 6 nitrogen and oxygen atoms in total. The van der Waals surface area contributed by atoms with Crippen LogP contribution in [-0.4, -0.2) is 45.8 Å². The van der Waals surface area contributed by atoms with Crippen molar-refractivity contribution in [2.45, 2.75) is 38.8 Å². The second-order valence-corrected chi connectivity index (χ2v) is 9.56. The van der Waals surface area contributed by atoms with Crippen LogP contribution in [0.3, 0.4) is 0 Å². The molecule has 1 aliphatic heterocycles. The van der Waals surface area contributed by atoms with Gasteiger partial charge in [0, 0.05) is 54.9 Å². The fourth-order valence-electron chi connectivity index (χ4n) is 4.43. The topological polar surface area (TPSA) is 48.4 Å². The summed E-state index contributed by atoms with van der Waals surface area (Å²) in [5.41, 5.74) is 4.90. The molecule has 3 aromatic carbocycles. The molecule has 0 aliphatic carbocycles. The number of fused-ring (bicyclic) bond motifs is 1. The fourth-order valence-corrected chi connectivity index (χ4v) is 4.55. The van der Waals surface area contributed by atoms with Gasteiger partial charge in [-0.2, -0.15) is 0 Å². The highest BCUT2D eigenvalue weighted by atomic mass is 35.5. The first-order valence-corrected chi connectivity index (χ1v) is 12.2. The molecule has 0 aromatic heterocycles. The van der Waals surface area contributed by atoms with Crippen LogP contribution in [0.2, 0.25) is 5.02 Å². The molecule has 0 spiro atoms. The van der Waals surface area contributed by atoms with Gasteiger partial charge in [0.05, 0.1) is 19.3 Å². The smallest absolute Gasteiger partial charge is 0.208 e. The molecule has 0 saturated heterocycles. The second kappa shape index (κ2) is 10.3. The highest BCUT2D eigenvalue weighted by molar-refractivity contribution is 6.30. The number of anilines is 3. The van der Waals surface area contributed by atoms with Crippen molar-refractivity contribution in [3.8, 4) is 11.5 Å². The number of aliphatic hydroxyl groups excluding tert-OH is 1. The molecular weight excluding hydrogens is 462 g/mol. The lowest BCUT2D eigenvalue weighted by molar-refractivity contribution is 0.155. The van der Waals surface area contributed by atoms with Crippen LogP contribution in [0.25, 0.3) is 0 Å². The van der Waals surface area contributed by atoms with Crippen LogP contribution in [-0.2, 0) is 0 Å². The summed E-state index contributed by atoms with van der Waals surface area (Å²) in [5.74, 6) is 1.33. The number of aliphatic hydroxyl groups is 1. The normalized spacial score (nSPS) is 18.2. The lowest BCUT2D eigenvalue weighted by atomic mass is 9.92. The van der Waals surface area contributed by atoms with Gasteiger partial charge in [-0.3, -0.25) is 0 Å². The van der Waals surface area contributed by atoms with Crippen LogP contribution in [0.5, 0.6) is 11.5 Å². The van der Waals surface area contributed by atoms with Crippen LogP contribution >= 0.6 is 11.6 Å². The monoisotopic (exact) mass is 495 g/mol. The third-order valence-electron chi connectivity index (χ3n) is 6.61. The number of benzene rings is 3. The Morgan fingerprint density at radius 3 is 2.26 bits per heavy atom. The summed E-state index contributed by atoms with van der Waals surface area (Å²) in [4.78, 5) is 5.93. The molecule has 3 aromatic rings. The molecule has 0 fully saturated rings. The van der Waals surface area contributed by atoms with E-state index in [-0.39, 0.29) is 12.1 Å². The molecule has 35 heavy (non-hydrogen) atoms. The lowest BCUT2D eigenvalue weighted by Gasteiger charge is -2.47. The first-order valence-electron chi connectivity index (χ1n) is 11.9. The predicted octanol–water partition coefficient (Wildman–Crippen LogP) is 5.91. The summed E-state index contributed by atoms with van der Waals surface area (Å²) in [5, 5.41) is 12.2. The molecule has 3 atom stereocenters. The molecule has 3 unspecified atom stereocenters. The first kappa shape index (κ1) is 25.0. The van der Waals surface area contributed by atoms with Gasteiger partial charge >= 0.3 is 0 Å². The van der Waals surface area contributed by atoms with Crippen molar-refractivity contribution in [2.24, 2.45) is 0 Å². The average Bonchev–Trinajstić information content (AvgIpc) is 2.86. The lowest BCUT2D eigenvalue weighted by Crippen LogP contribution is -2.53. The Hall–Kier alpha value is -3.09. The van der Waals surface area contributed by atoms with Crippen molar-refractivity contribution >= 4 is 28.7 Å². The van der Waals surface area contributed by atoms with Gasteiger partial charge in [-0.25, -0.2) is 0 Å². The zero-order valence-electron chi connectivity index (χ0n) is 21.2. The van der Waals surface area contributed by atoms with Crippen molar-refractivity contribution in [1.29, 1.82) is 0 Å². The molecule has 0 radical (unpaired) electrons. The van der Waals surface area contributed by atoms with Gasteiger partial charge in [0.25, 0.3) is 0 Å². The third-order valence-corrected chi connectivity index (χ3v) is 6.87. The van der Waals surface area contributed by atoms with Crippen LogP contribution in [0.4, 0.5) is 17.1 Å². The van der Waals surface area contributed by atoms with Crippen LogP contribution in [0.15, 0.2) is 60.7 Å². The van der Waals surface area contributed by atoms with E-state index in [4.69, 9.17) is 21.1 Å². The Morgan fingerprint density at radius 2 is 1.69 bits per heavy atom. The summed E-state index contributed by atoms with van der Waals surface area (Å²) in [6.07, 6.45) is 0.0148. The second-order valence-electron chi connectivity index (χ2n) is 9.13. The van der Waals surface area contributed by atoms with Gasteiger partial charge in [-0.15, -0.1) is 0 Å². The van der Waals surface area contributed by atoms with E-state index in [0.717, 1.165) is 34.6 Å². The van der Waals surface area contributed by atoms with Gasteiger partial charge in [0.1, 0.15) is 0 Å². The summed E-state index contributed by atoms with van der Waals surface area (Å²) in [7, 11) is 7.55. The summed E-state index contributed by atoms with van der Waals surface area (Å²) in [6.45, 7) is 4.14. The molecule has 1 aliphatic rings. The minimum absolute atomic E-state index is 0.0394. The molecular formula is C28H34ClN3O3. The van der Waals surface area contributed by atoms with Crippen molar-refractivity contribution in [1.82, 2.24) is 0 Å². The highest BCUT2D eigenvalue weighted by Gasteiger charge is 2.39. The molecule has 186 valence electrons. The van der Waals surface area contributed by atoms with E-state index in [0.29, 0.717) is 16.5 Å². The number of halogens is 1. The van der Waals surface area contributed by atoms with Crippen LogP contribution < -0.4 is 24.2 Å². The van der Waals surface area contributed by atoms with Crippen molar-refractivity contribution in [3.05, 3.63) is 76.8 Å². The minimum atomic E-state index is -0.903. The van der Waals surface area contributed by atoms with E-state index in [1.807, 2.05) is 86.4 Å². The highest BCUT2D eigenvalue weighted by Crippen LogP contribution is 2.48. The molecule has 0 saturated carbocycles. The minimum Gasteiger partial charge on any atom is -0.493 e. The molecule has 1 N–H and O–H groups in total. The van der Waals surface area contributed by atoms with Gasteiger partial charge in [0.2, 0.25) is 6.35 Å². The summed E-state index contributed by atoms with van der Waals surface area (Å²) >= 11 is 6.23. The first-order chi connectivity index (χ1) is 16.7. The van der Waals surface area contributed by atoms with Gasteiger partial charge in [0.15, 0.2) is 11.5 Å². The zero-order chi connectivity index (χ0) is 25.3. The number of rotatable bonds is 7. The Labute approximate surface area is 213 Å². The molecule has 0 amide bonds. The van der Waals surface area contributed by atoms with E-state index in [2.05, 4.69) is 24.0 Å². The maximum absolute atomic E-state index is 11.6. The standard InChI is InChI=1S/C28H34ClN3O3/c1-7-18(2)35-26-16-23-24(17-25(26)34-6)31(5)28(33)32(22-14-12-21(13-15-22)30(3)4)27(23)19-8-10-20(29)11-9-19/h8-18,27-28,33H,7H2,1-6H3. The molecule has 0 bridgehead atoms. The zero-order valence-corrected chi connectivity index (χ0v) is 22.0. The number of methoxy groups -OCH3 is 1. The largest absolute Gasteiger partial charge is 0.493 e. The number of hydrogen-bond donors (Lipinski definition) is 1. The maximum atomic E-state index is 11.6. The van der Waals surface area contributed by atoms with E-state index in [1.165, 1.54) is 0 Å². The Balaban J connectivity index is 1.92. The third kappa shape index (κ3) is 4.86. The Bertz CT molecular complexity index is 1150. The number of hydrogen-bond acceptors (Lipinski definition) is 6. The SMILES string of the molecule is CCC(C)Oc1cc2c(cc1OC)N(C)C(O)N(c1ccc(N(C)C)cc1)C2c1ccc(Cl)cc1. The van der Waals surface area contributed by atoms with Crippen LogP contribution in [0.1, 0.15) is 37.4 Å². The quantitative estimate of drug-likeness (QED) is 0.439. The van der Waals surface area contributed by atoms with Crippen molar-refractivity contribution in [3.63, 3.8) is 0 Å². The molecule has 4 rings (SSSR count). The number of nitrogens with zero attached hydrogens (tertiary/aromatic N) is 3. The van der Waals surface area contributed by atoms with E-state index in [9.17, 15) is 5.11 Å². The Morgan fingerprint density at radius 1 is 1.03 bits per heavy atom. The van der Waals surface area contributed by atoms with Crippen molar-refractivity contribution in [2.75, 3.05) is 43.0 Å². The van der Waals surface area contributed by atoms with Gasteiger partial charge in [-0.1, -0.05) is 30.7 Å². The molecule has 7 heteroatoms. The molecule has 1 heterocycles. The maximum Gasteiger partial charge on any atom is 0.208 e. The van der Waals surface area contributed by atoms with Crippen LogP contribution in [0, 0.1) is 0 Å². The average molecular weight is 496 g/mol. The van der Waals surface area contributed by atoms with E-state index < -0.39 is 6.35 Å². The number of ether oxygens (including phenoxy) is 2. The van der Waals surface area contributed by atoms with E-state index >= 15 is 0 Å². The van der Waals surface area contributed by atoms with E-state index in [1.54, 1.807) is 7.11 Å². The predicted molar refractivity (Wildman–Crippen MR) is 144 cm³/mol. The Kier molecular flexibility index (Phi) is 7.33.